The van der Waals surface area contributed by atoms with Gasteiger partial charge in [-0.2, -0.15) is 15.4 Å². The van der Waals surface area contributed by atoms with Gasteiger partial charge >= 0.3 is 5.97 Å². The molecule has 0 aliphatic carbocycles. The molecule has 0 saturated heterocycles. The predicted molar refractivity (Wildman–Crippen MR) is 128 cm³/mol. The minimum absolute atomic E-state index is 0.220. The van der Waals surface area contributed by atoms with Crippen LogP contribution >= 0.6 is 22.6 Å². The largest absolute Gasteiger partial charge is 0.457 e. The van der Waals surface area contributed by atoms with Gasteiger partial charge in [-0.05, 0) is 84.1 Å². The molecule has 1 aliphatic heterocycles. The lowest BCUT2D eigenvalue weighted by molar-refractivity contribution is -0.114. The molecule has 4 rings (SSSR count). The fourth-order valence-electron chi connectivity index (χ4n) is 3.12. The molecule has 0 saturated carbocycles. The first-order valence-electron chi connectivity index (χ1n) is 9.58. The van der Waals surface area contributed by atoms with Crippen molar-refractivity contribution in [1.82, 2.24) is 0 Å². The van der Waals surface area contributed by atoms with E-state index in [4.69, 9.17) is 14.4 Å². The number of anilines is 1. The van der Waals surface area contributed by atoms with Crippen LogP contribution in [-0.2, 0) is 9.53 Å². The molecule has 1 amide bonds. The third-order valence-corrected chi connectivity index (χ3v) is 5.44. The summed E-state index contributed by atoms with van der Waals surface area (Å²) in [5.74, 6) is 0.320. The molecular weight excluding hydrogens is 521 g/mol. The Hall–Kier alpha value is -3.71. The second kappa shape index (κ2) is 9.20. The molecule has 0 N–H and O–H groups in total. The molecule has 7 nitrogen and oxygen atoms in total. The van der Waals surface area contributed by atoms with E-state index >= 15 is 0 Å². The van der Waals surface area contributed by atoms with E-state index in [1.807, 2.05) is 24.3 Å². The van der Waals surface area contributed by atoms with Crippen LogP contribution in [0, 0.1) is 14.9 Å². The van der Waals surface area contributed by atoms with Crippen molar-refractivity contribution in [2.45, 2.75) is 6.92 Å². The number of nitriles is 1. The Morgan fingerprint density at radius 1 is 1.16 bits per heavy atom. The summed E-state index contributed by atoms with van der Waals surface area (Å²) < 4.78 is 11.8. The summed E-state index contributed by atoms with van der Waals surface area (Å²) in [6.07, 6.45) is 1.67. The van der Waals surface area contributed by atoms with E-state index in [9.17, 15) is 9.59 Å². The third-order valence-electron chi connectivity index (χ3n) is 4.72. The molecule has 0 atom stereocenters. The van der Waals surface area contributed by atoms with Gasteiger partial charge in [-0.3, -0.25) is 4.79 Å². The first kappa shape index (κ1) is 21.5. The third kappa shape index (κ3) is 4.48. The van der Waals surface area contributed by atoms with E-state index < -0.39 is 5.97 Å². The molecule has 2 aromatic carbocycles. The molecule has 0 unspecified atom stereocenters. The Kier molecular flexibility index (Phi) is 6.18. The van der Waals surface area contributed by atoms with Crippen molar-refractivity contribution in [2.75, 3.05) is 11.6 Å². The zero-order chi connectivity index (χ0) is 22.7. The van der Waals surface area contributed by atoms with Crippen LogP contribution in [-0.4, -0.2) is 24.2 Å². The van der Waals surface area contributed by atoms with E-state index in [0.717, 1.165) is 9.13 Å². The molecule has 0 spiro atoms. The van der Waals surface area contributed by atoms with Crippen LogP contribution in [0.3, 0.4) is 0 Å². The van der Waals surface area contributed by atoms with Crippen molar-refractivity contribution in [3.63, 3.8) is 0 Å². The van der Waals surface area contributed by atoms with E-state index in [-0.39, 0.29) is 12.5 Å². The molecule has 8 heteroatoms. The molecule has 0 radical (unpaired) electrons. The van der Waals surface area contributed by atoms with Crippen LogP contribution in [0.4, 0.5) is 5.69 Å². The quantitative estimate of drug-likeness (QED) is 0.258. The number of hydrogen-bond acceptors (Lipinski definition) is 6. The van der Waals surface area contributed by atoms with Gasteiger partial charge < -0.3 is 9.15 Å². The molecule has 1 aliphatic rings. The van der Waals surface area contributed by atoms with Crippen LogP contribution < -0.4 is 5.01 Å². The van der Waals surface area contributed by atoms with Gasteiger partial charge in [0.25, 0.3) is 5.91 Å². The first-order chi connectivity index (χ1) is 15.5. The molecule has 158 valence electrons. The smallest absolute Gasteiger partial charge is 0.339 e. The standard InChI is InChI=1S/C24H16IN3O4/c1-15-21(23(29)28(27-15)19-8-6-18(25)7-9-19)14-20-10-11-22(32-20)16-2-4-17(5-3-16)24(30)31-13-12-26/h2-11,14H,13H2,1H3. The van der Waals surface area contributed by atoms with E-state index in [1.165, 1.54) is 5.01 Å². The Morgan fingerprint density at radius 2 is 1.88 bits per heavy atom. The summed E-state index contributed by atoms with van der Waals surface area (Å²) in [5.41, 5.74) is 2.87. The second-order valence-corrected chi connectivity index (χ2v) is 8.10. The van der Waals surface area contributed by atoms with Crippen molar-refractivity contribution in [1.29, 1.82) is 5.26 Å². The Morgan fingerprint density at radius 3 is 2.56 bits per heavy atom. The van der Waals surface area contributed by atoms with E-state index in [0.29, 0.717) is 34.1 Å². The van der Waals surface area contributed by atoms with Gasteiger partial charge in [0.05, 0.1) is 22.5 Å². The SMILES string of the molecule is CC1=NN(c2ccc(I)cc2)C(=O)C1=Cc1ccc(-c2ccc(C(=O)OCC#N)cc2)o1. The minimum atomic E-state index is -0.560. The number of carbonyl (C=O) groups excluding carboxylic acids is 2. The van der Waals surface area contributed by atoms with Gasteiger partial charge in [0.15, 0.2) is 6.61 Å². The van der Waals surface area contributed by atoms with Crippen LogP contribution in [0.5, 0.6) is 0 Å². The van der Waals surface area contributed by atoms with Crippen LogP contribution in [0.1, 0.15) is 23.0 Å². The molecular formula is C24H16IN3O4. The number of nitrogens with zero attached hydrogens (tertiary/aromatic N) is 3. The number of furan rings is 1. The van der Waals surface area contributed by atoms with Gasteiger partial charge in [-0.15, -0.1) is 0 Å². The van der Waals surface area contributed by atoms with Crippen LogP contribution in [0.2, 0.25) is 0 Å². The number of esters is 1. The lowest BCUT2D eigenvalue weighted by Crippen LogP contribution is -2.21. The monoisotopic (exact) mass is 537 g/mol. The maximum Gasteiger partial charge on any atom is 0.339 e. The van der Waals surface area contributed by atoms with Gasteiger partial charge in [-0.25, -0.2) is 4.79 Å². The lowest BCUT2D eigenvalue weighted by Gasteiger charge is -2.11. The van der Waals surface area contributed by atoms with Gasteiger partial charge in [0.1, 0.15) is 17.6 Å². The van der Waals surface area contributed by atoms with Crippen molar-refractivity contribution >= 4 is 51.9 Å². The first-order valence-corrected chi connectivity index (χ1v) is 10.7. The Bertz CT molecular complexity index is 1280. The second-order valence-electron chi connectivity index (χ2n) is 6.85. The maximum absolute atomic E-state index is 12.9. The van der Waals surface area contributed by atoms with Crippen molar-refractivity contribution < 1.29 is 18.7 Å². The normalized spacial score (nSPS) is 14.4. The maximum atomic E-state index is 12.9. The van der Waals surface area contributed by atoms with Crippen molar-refractivity contribution in [2.24, 2.45) is 5.10 Å². The summed E-state index contributed by atoms with van der Waals surface area (Å²) in [6, 6.07) is 19.5. The minimum Gasteiger partial charge on any atom is -0.457 e. The van der Waals surface area contributed by atoms with Gasteiger partial charge in [-0.1, -0.05) is 12.1 Å². The summed E-state index contributed by atoms with van der Waals surface area (Å²) in [7, 11) is 0. The molecule has 2 heterocycles. The summed E-state index contributed by atoms with van der Waals surface area (Å²) in [6.45, 7) is 1.49. The molecule has 32 heavy (non-hydrogen) atoms. The molecule has 0 fully saturated rings. The lowest BCUT2D eigenvalue weighted by atomic mass is 10.1. The number of hydrogen-bond donors (Lipinski definition) is 0. The van der Waals surface area contributed by atoms with Crippen LogP contribution in [0.25, 0.3) is 17.4 Å². The zero-order valence-electron chi connectivity index (χ0n) is 16.9. The average Bonchev–Trinajstić information content (AvgIpc) is 3.38. The highest BCUT2D eigenvalue weighted by Crippen LogP contribution is 2.28. The average molecular weight is 537 g/mol. The number of benzene rings is 2. The summed E-state index contributed by atoms with van der Waals surface area (Å²) in [4.78, 5) is 24.7. The Balaban J connectivity index is 1.52. The molecule has 0 bridgehead atoms. The molecule has 1 aromatic heterocycles. The zero-order valence-corrected chi connectivity index (χ0v) is 19.1. The van der Waals surface area contributed by atoms with Gasteiger partial charge in [0.2, 0.25) is 0 Å². The van der Waals surface area contributed by atoms with Crippen molar-refractivity contribution in [3.05, 3.63) is 81.1 Å². The number of carbonyl (C=O) groups is 2. The number of ether oxygens (including phenoxy) is 1. The summed E-state index contributed by atoms with van der Waals surface area (Å²) >= 11 is 2.21. The molecule has 3 aromatic rings. The van der Waals surface area contributed by atoms with Gasteiger partial charge in [0, 0.05) is 9.13 Å². The Labute approximate surface area is 197 Å². The fraction of sp³-hybridized carbons (Fsp3) is 0.0833. The predicted octanol–water partition coefficient (Wildman–Crippen LogP) is 5.04. The van der Waals surface area contributed by atoms with Crippen LogP contribution in [0.15, 0.2) is 75.8 Å². The fourth-order valence-corrected chi connectivity index (χ4v) is 3.48. The number of amides is 1. The van der Waals surface area contributed by atoms with Crippen molar-refractivity contribution in [3.8, 4) is 17.4 Å². The number of rotatable bonds is 5. The number of hydrazone groups is 1. The highest BCUT2D eigenvalue weighted by atomic mass is 127. The highest BCUT2D eigenvalue weighted by molar-refractivity contribution is 14.1. The number of halogens is 1. The topological polar surface area (TPSA) is 95.9 Å². The van der Waals surface area contributed by atoms with E-state index in [1.54, 1.807) is 55.5 Å². The highest BCUT2D eigenvalue weighted by Gasteiger charge is 2.29. The van der Waals surface area contributed by atoms with E-state index in [2.05, 4.69) is 27.7 Å². The summed E-state index contributed by atoms with van der Waals surface area (Å²) in [5, 5.41) is 14.3.